The van der Waals surface area contributed by atoms with Crippen LogP contribution in [-0.4, -0.2) is 0 Å². The highest BCUT2D eigenvalue weighted by atomic mass is 14.1. The molecule has 130 valence electrons. The van der Waals surface area contributed by atoms with Gasteiger partial charge in [0.2, 0.25) is 0 Å². The lowest BCUT2D eigenvalue weighted by molar-refractivity contribution is 0.367. The van der Waals surface area contributed by atoms with Crippen molar-refractivity contribution in [2.75, 3.05) is 0 Å². The van der Waals surface area contributed by atoms with Crippen LogP contribution in [-0.2, 0) is 0 Å². The fourth-order valence-corrected chi connectivity index (χ4v) is 1.09. The number of hydrogen-bond donors (Lipinski definition) is 0. The molecule has 2 atom stereocenters. The Hall–Kier alpha value is 0. The first-order valence-corrected chi connectivity index (χ1v) is 9.53. The molecule has 0 saturated carbocycles. The zero-order valence-corrected chi connectivity index (χ0v) is 17.6. The van der Waals surface area contributed by atoms with E-state index >= 15 is 0 Å². The second kappa shape index (κ2) is 36.4. The predicted octanol–water partition coefficient (Wildman–Crippen LogP) is 8.60. The Balaban J connectivity index is -0.0000000554. The van der Waals surface area contributed by atoms with E-state index in [-0.39, 0.29) is 0 Å². The molecule has 0 N–H and O–H groups in total. The fraction of sp³-hybridized carbons (Fsp3) is 1.00. The average Bonchev–Trinajstić information content (AvgIpc) is 2.58. The zero-order chi connectivity index (χ0) is 17.6. The van der Waals surface area contributed by atoms with Gasteiger partial charge in [-0.3, -0.25) is 0 Å². The zero-order valence-electron chi connectivity index (χ0n) is 17.6. The first-order chi connectivity index (χ1) is 9.53. The minimum absolute atomic E-state index is 0.917. The van der Waals surface area contributed by atoms with Crippen LogP contribution < -0.4 is 0 Å². The Morgan fingerprint density at radius 2 is 0.650 bits per heavy atom. The normalized spacial score (nSPS) is 11.1. The minimum Gasteiger partial charge on any atom is -0.0683 e. The summed E-state index contributed by atoms with van der Waals surface area (Å²) in [6.45, 7) is 27.9. The Morgan fingerprint density at radius 3 is 0.700 bits per heavy atom. The summed E-state index contributed by atoms with van der Waals surface area (Å²) >= 11 is 0. The van der Waals surface area contributed by atoms with Gasteiger partial charge in [-0.15, -0.1) is 0 Å². The van der Waals surface area contributed by atoms with Crippen LogP contribution in [0.4, 0.5) is 0 Å². The number of hydrogen-bond acceptors (Lipinski definition) is 0. The van der Waals surface area contributed by atoms with Crippen LogP contribution in [0.2, 0.25) is 0 Å². The Bertz CT molecular complexity index is 84.2. The molecular formula is C20H50. The maximum Gasteiger partial charge on any atom is -0.0420 e. The molecular weight excluding hydrogens is 240 g/mol. The third-order valence-corrected chi connectivity index (χ3v) is 3.65. The van der Waals surface area contributed by atoms with Gasteiger partial charge in [0.1, 0.15) is 0 Å². The van der Waals surface area contributed by atoms with Crippen LogP contribution >= 0.6 is 0 Å². The standard InChI is InChI=1S/C8H18.C6H14.3C2H6/c1-5-7(3)8(4)6-2;1-4-6(3)5-2;3*1-2/h7-8H,5-6H2,1-4H3;6H,4-5H2,1-3H3;3*1-2H3. The molecule has 0 rings (SSSR count). The summed E-state index contributed by atoms with van der Waals surface area (Å²) in [7, 11) is 0. The monoisotopic (exact) mass is 290 g/mol. The van der Waals surface area contributed by atoms with Crippen molar-refractivity contribution in [2.45, 2.75) is 116 Å². The predicted molar refractivity (Wildman–Crippen MR) is 103 cm³/mol. The summed E-state index contributed by atoms with van der Waals surface area (Å²) in [5.74, 6) is 2.77. The quantitative estimate of drug-likeness (QED) is 0.475. The maximum atomic E-state index is 2.33. The molecule has 0 aliphatic rings. The van der Waals surface area contributed by atoms with Gasteiger partial charge in [-0.05, 0) is 17.8 Å². The summed E-state index contributed by atoms with van der Waals surface area (Å²) in [6.07, 6.45) is 5.32. The first kappa shape index (κ1) is 32.1. The molecule has 0 aromatic heterocycles. The fourth-order valence-electron chi connectivity index (χ4n) is 1.09. The highest BCUT2D eigenvalue weighted by Crippen LogP contribution is 2.16. The smallest absolute Gasteiger partial charge is 0.0420 e. The number of rotatable bonds is 5. The molecule has 0 nitrogen and oxygen atoms in total. The summed E-state index contributed by atoms with van der Waals surface area (Å²) in [6, 6.07) is 0. The van der Waals surface area contributed by atoms with Crippen molar-refractivity contribution in [2.24, 2.45) is 17.8 Å². The maximum absolute atomic E-state index is 2.33. The summed E-state index contributed by atoms with van der Waals surface area (Å²) in [4.78, 5) is 0. The lowest BCUT2D eigenvalue weighted by Gasteiger charge is -2.14. The molecule has 0 spiro atoms. The van der Waals surface area contributed by atoms with Crippen LogP contribution in [0.25, 0.3) is 0 Å². The SMILES string of the molecule is CC.CC.CC.CCC(C)C(C)CC.CCC(C)CC. The van der Waals surface area contributed by atoms with Gasteiger partial charge in [0, 0.05) is 0 Å². The topological polar surface area (TPSA) is 0 Å². The van der Waals surface area contributed by atoms with E-state index in [2.05, 4.69) is 48.5 Å². The van der Waals surface area contributed by atoms with Gasteiger partial charge in [-0.25, -0.2) is 0 Å². The van der Waals surface area contributed by atoms with E-state index < -0.39 is 0 Å². The molecule has 0 aromatic carbocycles. The molecule has 2 unspecified atom stereocenters. The van der Waals surface area contributed by atoms with E-state index in [0.717, 1.165) is 17.8 Å². The van der Waals surface area contributed by atoms with E-state index in [4.69, 9.17) is 0 Å². The van der Waals surface area contributed by atoms with Crippen molar-refractivity contribution in [3.05, 3.63) is 0 Å². The highest BCUT2D eigenvalue weighted by molar-refractivity contribution is 4.56. The molecule has 0 aromatic rings. The van der Waals surface area contributed by atoms with Crippen molar-refractivity contribution < 1.29 is 0 Å². The summed E-state index contributed by atoms with van der Waals surface area (Å²) in [5.41, 5.74) is 0. The van der Waals surface area contributed by atoms with E-state index in [1.807, 2.05) is 41.5 Å². The van der Waals surface area contributed by atoms with Crippen LogP contribution in [0.3, 0.4) is 0 Å². The second-order valence-electron chi connectivity index (χ2n) is 4.69. The summed E-state index contributed by atoms with van der Waals surface area (Å²) in [5, 5.41) is 0. The molecule has 0 saturated heterocycles. The molecule has 0 aliphatic carbocycles. The van der Waals surface area contributed by atoms with Crippen LogP contribution in [0.1, 0.15) is 116 Å². The third kappa shape index (κ3) is 36.1. The van der Waals surface area contributed by atoms with Gasteiger partial charge < -0.3 is 0 Å². The first-order valence-electron chi connectivity index (χ1n) is 9.53. The highest BCUT2D eigenvalue weighted by Gasteiger charge is 2.05. The minimum atomic E-state index is 0.917. The third-order valence-electron chi connectivity index (χ3n) is 3.65. The average molecular weight is 291 g/mol. The van der Waals surface area contributed by atoms with Crippen molar-refractivity contribution in [1.82, 2.24) is 0 Å². The van der Waals surface area contributed by atoms with Gasteiger partial charge in [0.25, 0.3) is 0 Å². The van der Waals surface area contributed by atoms with E-state index in [1.54, 1.807) is 0 Å². The molecule has 0 bridgehead atoms. The lowest BCUT2D eigenvalue weighted by atomic mass is 9.92. The van der Waals surface area contributed by atoms with Crippen LogP contribution in [0, 0.1) is 17.8 Å². The molecule has 0 fully saturated rings. The van der Waals surface area contributed by atoms with E-state index in [0.29, 0.717) is 0 Å². The van der Waals surface area contributed by atoms with Crippen molar-refractivity contribution in [3.8, 4) is 0 Å². The summed E-state index contributed by atoms with van der Waals surface area (Å²) < 4.78 is 0. The van der Waals surface area contributed by atoms with Gasteiger partial charge in [-0.1, -0.05) is 116 Å². The van der Waals surface area contributed by atoms with Crippen LogP contribution in [0.5, 0.6) is 0 Å². The van der Waals surface area contributed by atoms with E-state index in [9.17, 15) is 0 Å². The molecule has 20 heavy (non-hydrogen) atoms. The Labute approximate surface area is 134 Å². The van der Waals surface area contributed by atoms with Crippen LogP contribution in [0.15, 0.2) is 0 Å². The van der Waals surface area contributed by atoms with E-state index in [1.165, 1.54) is 25.7 Å². The molecule has 0 amide bonds. The second-order valence-corrected chi connectivity index (χ2v) is 4.69. The Kier molecular flexibility index (Phi) is 58.4. The largest absolute Gasteiger partial charge is 0.0683 e. The van der Waals surface area contributed by atoms with Gasteiger partial charge >= 0.3 is 0 Å². The van der Waals surface area contributed by atoms with Gasteiger partial charge in [-0.2, -0.15) is 0 Å². The molecule has 0 heterocycles. The lowest BCUT2D eigenvalue weighted by Crippen LogP contribution is -2.04. The molecule has 0 radical (unpaired) electrons. The van der Waals surface area contributed by atoms with Crippen molar-refractivity contribution in [1.29, 1.82) is 0 Å². The van der Waals surface area contributed by atoms with Gasteiger partial charge in [0.15, 0.2) is 0 Å². The van der Waals surface area contributed by atoms with Crippen molar-refractivity contribution >= 4 is 0 Å². The molecule has 0 aliphatic heterocycles. The van der Waals surface area contributed by atoms with Crippen molar-refractivity contribution in [3.63, 3.8) is 0 Å². The molecule has 0 heteroatoms. The van der Waals surface area contributed by atoms with Gasteiger partial charge in [0.05, 0.1) is 0 Å². The Morgan fingerprint density at radius 1 is 0.450 bits per heavy atom.